The molecule has 0 aliphatic heterocycles. The van der Waals surface area contributed by atoms with E-state index in [2.05, 4.69) is 30.7 Å². The molecule has 1 aromatic heterocycles. The van der Waals surface area contributed by atoms with E-state index in [9.17, 15) is 0 Å². The molecule has 4 nitrogen and oxygen atoms in total. The molecule has 0 saturated heterocycles. The molecule has 0 aromatic carbocycles. The Kier molecular flexibility index (Phi) is 5.35. The Balaban J connectivity index is 2.94. The van der Waals surface area contributed by atoms with E-state index in [1.54, 1.807) is 7.11 Å². The second-order valence-corrected chi connectivity index (χ2v) is 4.75. The molecule has 1 rings (SSSR count). The summed E-state index contributed by atoms with van der Waals surface area (Å²) in [4.78, 5) is 8.82. The summed E-state index contributed by atoms with van der Waals surface area (Å²) in [5.41, 5.74) is 6.82. The summed E-state index contributed by atoms with van der Waals surface area (Å²) in [6, 6.07) is 1.85. The lowest BCUT2D eigenvalue weighted by Gasteiger charge is -2.15. The molecule has 0 spiro atoms. The molecule has 17 heavy (non-hydrogen) atoms. The van der Waals surface area contributed by atoms with Crippen LogP contribution in [0.25, 0.3) is 0 Å². The van der Waals surface area contributed by atoms with Crippen LogP contribution in [0.2, 0.25) is 0 Å². The quantitative estimate of drug-likeness (QED) is 0.826. The van der Waals surface area contributed by atoms with Crippen LogP contribution in [-0.4, -0.2) is 17.1 Å². The third-order valence-electron chi connectivity index (χ3n) is 2.56. The van der Waals surface area contributed by atoms with Crippen LogP contribution in [0.4, 0.5) is 5.82 Å². The lowest BCUT2D eigenvalue weighted by molar-refractivity contribution is 0.0875. The first-order chi connectivity index (χ1) is 8.06. The fourth-order valence-electron chi connectivity index (χ4n) is 1.82. The Labute approximate surface area is 104 Å². The first kappa shape index (κ1) is 13.9. The van der Waals surface area contributed by atoms with Gasteiger partial charge in [-0.3, -0.25) is 0 Å². The number of ether oxygens (including phenoxy) is 1. The van der Waals surface area contributed by atoms with Gasteiger partial charge in [0.2, 0.25) is 0 Å². The summed E-state index contributed by atoms with van der Waals surface area (Å²) < 4.78 is 5.41. The van der Waals surface area contributed by atoms with E-state index >= 15 is 0 Å². The maximum absolute atomic E-state index is 5.82. The van der Waals surface area contributed by atoms with Gasteiger partial charge in [0.1, 0.15) is 11.9 Å². The standard InChI is InChI=1S/C13H23N3O/c1-5-6-11(17-4)13-15-10(7-9(2)3)8-12(14)16-13/h8-9,11H,5-7H2,1-4H3,(H2,14,15,16). The van der Waals surface area contributed by atoms with Gasteiger partial charge in [-0.25, -0.2) is 9.97 Å². The fourth-order valence-corrected chi connectivity index (χ4v) is 1.82. The van der Waals surface area contributed by atoms with Gasteiger partial charge in [-0.1, -0.05) is 27.2 Å². The van der Waals surface area contributed by atoms with Crippen molar-refractivity contribution in [1.29, 1.82) is 0 Å². The summed E-state index contributed by atoms with van der Waals surface area (Å²) in [6.45, 7) is 6.45. The third kappa shape index (κ3) is 4.30. The number of methoxy groups -OCH3 is 1. The minimum Gasteiger partial charge on any atom is -0.384 e. The Bertz CT molecular complexity index is 353. The smallest absolute Gasteiger partial charge is 0.159 e. The molecule has 1 heterocycles. The predicted molar refractivity (Wildman–Crippen MR) is 69.6 cm³/mol. The number of nitrogen functional groups attached to an aromatic ring is 1. The van der Waals surface area contributed by atoms with Crippen molar-refractivity contribution in [2.24, 2.45) is 5.92 Å². The Morgan fingerprint density at radius 3 is 2.59 bits per heavy atom. The second kappa shape index (κ2) is 6.55. The highest BCUT2D eigenvalue weighted by Gasteiger charge is 2.14. The van der Waals surface area contributed by atoms with Crippen molar-refractivity contribution >= 4 is 5.82 Å². The number of anilines is 1. The number of rotatable bonds is 6. The van der Waals surface area contributed by atoms with Crippen molar-refractivity contribution in [2.75, 3.05) is 12.8 Å². The molecule has 1 atom stereocenters. The normalized spacial score (nSPS) is 13.0. The number of hydrogen-bond donors (Lipinski definition) is 1. The zero-order valence-electron chi connectivity index (χ0n) is 11.2. The average molecular weight is 237 g/mol. The minimum absolute atomic E-state index is 0.0468. The molecule has 0 fully saturated rings. The van der Waals surface area contributed by atoms with Crippen molar-refractivity contribution in [3.8, 4) is 0 Å². The first-order valence-corrected chi connectivity index (χ1v) is 6.22. The summed E-state index contributed by atoms with van der Waals surface area (Å²) in [5.74, 6) is 1.80. The highest BCUT2D eigenvalue weighted by Crippen LogP contribution is 2.20. The van der Waals surface area contributed by atoms with Gasteiger partial charge in [-0.05, 0) is 18.8 Å². The lowest BCUT2D eigenvalue weighted by Crippen LogP contribution is -2.11. The van der Waals surface area contributed by atoms with Crippen molar-refractivity contribution in [3.63, 3.8) is 0 Å². The SMILES string of the molecule is CCCC(OC)c1nc(N)cc(CC(C)C)n1. The molecule has 0 bridgehead atoms. The van der Waals surface area contributed by atoms with Crippen molar-refractivity contribution in [1.82, 2.24) is 9.97 Å². The zero-order valence-corrected chi connectivity index (χ0v) is 11.2. The molecule has 0 saturated carbocycles. The summed E-state index contributed by atoms with van der Waals surface area (Å²) in [6.07, 6.45) is 2.83. The molecule has 0 amide bonds. The Hall–Kier alpha value is -1.16. The third-order valence-corrected chi connectivity index (χ3v) is 2.56. The predicted octanol–water partition coefficient (Wildman–Crippen LogP) is 2.74. The zero-order chi connectivity index (χ0) is 12.8. The monoisotopic (exact) mass is 237 g/mol. The van der Waals surface area contributed by atoms with Gasteiger partial charge in [0.25, 0.3) is 0 Å². The van der Waals surface area contributed by atoms with Crippen molar-refractivity contribution < 1.29 is 4.74 Å². The van der Waals surface area contributed by atoms with Gasteiger partial charge in [0.05, 0.1) is 0 Å². The molecule has 2 N–H and O–H groups in total. The second-order valence-electron chi connectivity index (χ2n) is 4.75. The topological polar surface area (TPSA) is 61.0 Å². The maximum atomic E-state index is 5.82. The highest BCUT2D eigenvalue weighted by molar-refractivity contribution is 5.30. The number of nitrogens with two attached hydrogens (primary N) is 1. The largest absolute Gasteiger partial charge is 0.384 e. The number of aromatic nitrogens is 2. The first-order valence-electron chi connectivity index (χ1n) is 6.22. The van der Waals surface area contributed by atoms with Gasteiger partial charge < -0.3 is 10.5 Å². The molecule has 1 aromatic rings. The van der Waals surface area contributed by atoms with E-state index in [0.29, 0.717) is 17.6 Å². The van der Waals surface area contributed by atoms with E-state index in [4.69, 9.17) is 10.5 Å². The summed E-state index contributed by atoms with van der Waals surface area (Å²) in [7, 11) is 1.69. The molecule has 0 aliphatic carbocycles. The van der Waals surface area contributed by atoms with Crippen LogP contribution in [0.1, 0.15) is 51.2 Å². The fraction of sp³-hybridized carbons (Fsp3) is 0.692. The van der Waals surface area contributed by atoms with E-state index in [0.717, 1.165) is 25.0 Å². The van der Waals surface area contributed by atoms with Gasteiger partial charge in [0, 0.05) is 18.9 Å². The Morgan fingerprint density at radius 1 is 1.35 bits per heavy atom. The maximum Gasteiger partial charge on any atom is 0.159 e. The van der Waals surface area contributed by atoms with Crippen LogP contribution in [-0.2, 0) is 11.2 Å². The van der Waals surface area contributed by atoms with Gasteiger partial charge >= 0.3 is 0 Å². The molecule has 4 heteroatoms. The minimum atomic E-state index is -0.0468. The molecule has 0 aliphatic rings. The lowest BCUT2D eigenvalue weighted by atomic mass is 10.1. The van der Waals surface area contributed by atoms with E-state index in [-0.39, 0.29) is 6.10 Å². The van der Waals surface area contributed by atoms with Gasteiger partial charge in [-0.2, -0.15) is 0 Å². The van der Waals surface area contributed by atoms with E-state index in [1.165, 1.54) is 0 Å². The van der Waals surface area contributed by atoms with Crippen molar-refractivity contribution in [2.45, 2.75) is 46.1 Å². The molecular weight excluding hydrogens is 214 g/mol. The van der Waals surface area contributed by atoms with Gasteiger partial charge in [0.15, 0.2) is 5.82 Å². The van der Waals surface area contributed by atoms with Crippen LogP contribution in [0, 0.1) is 5.92 Å². The average Bonchev–Trinajstić information content (AvgIpc) is 2.23. The van der Waals surface area contributed by atoms with Crippen molar-refractivity contribution in [3.05, 3.63) is 17.6 Å². The summed E-state index contributed by atoms with van der Waals surface area (Å²) in [5, 5.41) is 0. The number of nitrogens with zero attached hydrogens (tertiary/aromatic N) is 2. The van der Waals surface area contributed by atoms with Crippen LogP contribution >= 0.6 is 0 Å². The highest BCUT2D eigenvalue weighted by atomic mass is 16.5. The summed E-state index contributed by atoms with van der Waals surface area (Å²) >= 11 is 0. The van der Waals surface area contributed by atoms with Crippen LogP contribution in [0.5, 0.6) is 0 Å². The van der Waals surface area contributed by atoms with Gasteiger partial charge in [-0.15, -0.1) is 0 Å². The molecular formula is C13H23N3O. The Morgan fingerprint density at radius 2 is 2.06 bits per heavy atom. The van der Waals surface area contributed by atoms with Crippen LogP contribution < -0.4 is 5.73 Å². The molecule has 96 valence electrons. The van der Waals surface area contributed by atoms with Crippen LogP contribution in [0.3, 0.4) is 0 Å². The molecule has 1 unspecified atom stereocenters. The van der Waals surface area contributed by atoms with E-state index in [1.807, 2.05) is 6.07 Å². The molecule has 0 radical (unpaired) electrons. The number of hydrogen-bond acceptors (Lipinski definition) is 4. The van der Waals surface area contributed by atoms with Crippen LogP contribution in [0.15, 0.2) is 6.07 Å². The van der Waals surface area contributed by atoms with E-state index < -0.39 is 0 Å².